The molecule has 5 heterocycles. The third kappa shape index (κ3) is 4.49. The van der Waals surface area contributed by atoms with Crippen molar-refractivity contribution in [2.24, 2.45) is 0 Å². The molecule has 1 aromatic carbocycles. The number of likely N-dealkylation sites (tertiary alicyclic amines) is 1. The fourth-order valence-corrected chi connectivity index (χ4v) is 5.34. The van der Waals surface area contributed by atoms with E-state index in [1.165, 1.54) is 23.3 Å². The largest absolute Gasteiger partial charge is 0.383 e. The number of aromatic amines is 1. The Kier molecular flexibility index (Phi) is 6.54. The molecule has 0 bridgehead atoms. The summed E-state index contributed by atoms with van der Waals surface area (Å²) in [6.07, 6.45) is 7.10. The molecule has 0 spiro atoms. The normalized spacial score (nSPS) is 14.1. The van der Waals surface area contributed by atoms with Crippen LogP contribution in [-0.2, 0) is 6.42 Å². The van der Waals surface area contributed by atoms with E-state index < -0.39 is 0 Å². The van der Waals surface area contributed by atoms with E-state index in [0.717, 1.165) is 28.8 Å². The van der Waals surface area contributed by atoms with Crippen molar-refractivity contribution in [3.8, 4) is 22.4 Å². The van der Waals surface area contributed by atoms with Crippen LogP contribution < -0.4 is 5.73 Å². The van der Waals surface area contributed by atoms with Gasteiger partial charge in [-0.3, -0.25) is 19.7 Å². The van der Waals surface area contributed by atoms with Crippen molar-refractivity contribution in [1.82, 2.24) is 39.7 Å². The number of H-pyrrole nitrogens is 1. The second-order valence-electron chi connectivity index (χ2n) is 9.99. The number of hydrogen-bond donors (Lipinski definition) is 2. The minimum Gasteiger partial charge on any atom is -0.383 e. The van der Waals surface area contributed by atoms with Crippen LogP contribution in [0.2, 0.25) is 0 Å². The molecule has 202 valence electrons. The quantitative estimate of drug-likeness (QED) is 0.311. The number of aryl methyl sites for hydroxylation is 1. The lowest BCUT2D eigenvalue weighted by Gasteiger charge is -2.32. The van der Waals surface area contributed by atoms with E-state index in [4.69, 9.17) is 15.7 Å². The van der Waals surface area contributed by atoms with E-state index >= 15 is 0 Å². The molecule has 3 N–H and O–H groups in total. The average Bonchev–Trinajstić information content (AvgIpc) is 3.68. The number of carbonyl (C=O) groups is 2. The van der Waals surface area contributed by atoms with Crippen molar-refractivity contribution in [3.63, 3.8) is 0 Å². The number of nitrogens with zero attached hydrogens (tertiary/aromatic N) is 7. The first kappa shape index (κ1) is 25.4. The summed E-state index contributed by atoms with van der Waals surface area (Å²) in [5, 5.41) is 10.9. The molecule has 0 unspecified atom stereocenters. The summed E-state index contributed by atoms with van der Waals surface area (Å²) in [4.78, 5) is 40.8. The number of benzene rings is 1. The van der Waals surface area contributed by atoms with E-state index in [1.807, 2.05) is 18.3 Å². The van der Waals surface area contributed by atoms with Gasteiger partial charge >= 0.3 is 0 Å². The minimum atomic E-state index is -0.194. The van der Waals surface area contributed by atoms with Crippen LogP contribution in [0.3, 0.4) is 0 Å². The maximum atomic E-state index is 12.7. The summed E-state index contributed by atoms with van der Waals surface area (Å²) in [7, 11) is 0. The van der Waals surface area contributed by atoms with Crippen molar-refractivity contribution >= 4 is 23.2 Å². The van der Waals surface area contributed by atoms with Gasteiger partial charge in [0.15, 0.2) is 11.4 Å². The summed E-state index contributed by atoms with van der Waals surface area (Å²) < 4.78 is 1.52. The monoisotopic (exact) mass is 535 g/mol. The molecule has 0 atom stereocenters. The summed E-state index contributed by atoms with van der Waals surface area (Å²) in [5.74, 6) is 0.0761. The third-order valence-electron chi connectivity index (χ3n) is 7.58. The summed E-state index contributed by atoms with van der Waals surface area (Å²) >= 11 is 0. The molecule has 1 aliphatic heterocycles. The summed E-state index contributed by atoms with van der Waals surface area (Å²) in [5.41, 5.74) is 13.0. The van der Waals surface area contributed by atoms with E-state index in [-0.39, 0.29) is 29.3 Å². The Morgan fingerprint density at radius 1 is 1.02 bits per heavy atom. The van der Waals surface area contributed by atoms with Gasteiger partial charge in [0.25, 0.3) is 5.91 Å². The lowest BCUT2D eigenvalue weighted by Crippen LogP contribution is -2.39. The maximum Gasteiger partial charge on any atom is 0.291 e. The highest BCUT2D eigenvalue weighted by Gasteiger charge is 2.31. The number of pyridine rings is 1. The molecular weight excluding hydrogens is 506 g/mol. The van der Waals surface area contributed by atoms with E-state index in [0.29, 0.717) is 42.8 Å². The number of fused-ring (bicyclic) bond motifs is 1. The second kappa shape index (κ2) is 10.3. The number of rotatable bonds is 6. The van der Waals surface area contributed by atoms with Crippen molar-refractivity contribution in [2.45, 2.75) is 39.0 Å². The lowest BCUT2D eigenvalue weighted by molar-refractivity contribution is 0.0699. The molecule has 0 saturated carbocycles. The number of Topliss-reactive ketones (excluding diaryl/α,β-unsaturated/α-hetero) is 1. The number of anilines is 1. The molecule has 1 aliphatic rings. The van der Waals surface area contributed by atoms with Crippen LogP contribution in [0.5, 0.6) is 0 Å². The zero-order valence-corrected chi connectivity index (χ0v) is 22.3. The molecule has 4 aromatic heterocycles. The molecule has 1 amide bonds. The highest BCUT2D eigenvalue weighted by molar-refractivity contribution is 6.00. The van der Waals surface area contributed by atoms with Gasteiger partial charge in [-0.1, -0.05) is 37.3 Å². The standard InChI is InChI=1S/C29H29N9O2/c1-3-18-4-6-19(7-5-18)23-9-8-21(14-31-23)22-15-34-38-26(30)24(17(2)39)25(35-28(22)38)20-10-12-37(13-11-20)29(40)27-32-16-33-36-27/h4-9,14-16,20H,3,10-13,30H2,1-2H3,(H,32,33,36). The highest BCUT2D eigenvalue weighted by atomic mass is 16.2. The number of nitrogens with two attached hydrogens (primary N) is 1. The van der Waals surface area contributed by atoms with E-state index in [2.05, 4.69) is 51.5 Å². The van der Waals surface area contributed by atoms with Gasteiger partial charge in [-0.2, -0.15) is 14.7 Å². The number of ketones is 1. The molecule has 1 fully saturated rings. The summed E-state index contributed by atoms with van der Waals surface area (Å²) in [6.45, 7) is 4.63. The second-order valence-corrected chi connectivity index (χ2v) is 9.99. The van der Waals surface area contributed by atoms with Gasteiger partial charge in [0.2, 0.25) is 5.82 Å². The zero-order valence-electron chi connectivity index (χ0n) is 22.3. The van der Waals surface area contributed by atoms with Crippen molar-refractivity contribution in [2.75, 3.05) is 18.8 Å². The van der Waals surface area contributed by atoms with Gasteiger partial charge in [0, 0.05) is 41.9 Å². The predicted molar refractivity (Wildman–Crippen MR) is 150 cm³/mol. The van der Waals surface area contributed by atoms with E-state index in [1.54, 1.807) is 11.1 Å². The smallest absolute Gasteiger partial charge is 0.291 e. The number of carbonyl (C=O) groups excluding carboxylic acids is 2. The van der Waals surface area contributed by atoms with Crippen LogP contribution in [0.1, 0.15) is 64.8 Å². The molecule has 11 nitrogen and oxygen atoms in total. The fourth-order valence-electron chi connectivity index (χ4n) is 5.34. The van der Waals surface area contributed by atoms with Crippen LogP contribution in [0.4, 0.5) is 5.82 Å². The highest BCUT2D eigenvalue weighted by Crippen LogP contribution is 2.35. The van der Waals surface area contributed by atoms with Crippen molar-refractivity contribution in [3.05, 3.63) is 77.8 Å². The first-order valence-corrected chi connectivity index (χ1v) is 13.3. The van der Waals surface area contributed by atoms with Gasteiger partial charge in [-0.25, -0.2) is 9.97 Å². The first-order valence-electron chi connectivity index (χ1n) is 13.3. The molecule has 5 aromatic rings. The molecule has 0 radical (unpaired) electrons. The van der Waals surface area contributed by atoms with Gasteiger partial charge in [-0.05, 0) is 37.8 Å². The number of aromatic nitrogens is 7. The first-order chi connectivity index (χ1) is 19.4. The van der Waals surface area contributed by atoms with Crippen LogP contribution in [-0.4, -0.2) is 64.4 Å². The summed E-state index contributed by atoms with van der Waals surface area (Å²) in [6, 6.07) is 12.4. The Morgan fingerprint density at radius 3 is 2.40 bits per heavy atom. The molecule has 6 rings (SSSR count). The molecule has 1 saturated heterocycles. The number of nitrogens with one attached hydrogen (secondary N) is 1. The van der Waals surface area contributed by atoms with Crippen LogP contribution >= 0.6 is 0 Å². The average molecular weight is 536 g/mol. The maximum absolute atomic E-state index is 12.7. The molecule has 40 heavy (non-hydrogen) atoms. The van der Waals surface area contributed by atoms with E-state index in [9.17, 15) is 9.59 Å². The van der Waals surface area contributed by atoms with Gasteiger partial charge in [-0.15, -0.1) is 0 Å². The zero-order chi connectivity index (χ0) is 27.8. The Bertz CT molecular complexity index is 1680. The Morgan fingerprint density at radius 2 is 1.77 bits per heavy atom. The number of nitrogen functional groups attached to an aromatic ring is 1. The SMILES string of the molecule is CCc1ccc(-c2ccc(-c3cnn4c(N)c(C(C)=O)c(C5CCN(C(=O)c6ncn[nH]6)CC5)nc34)cn2)cc1. The molecule has 0 aliphatic carbocycles. The van der Waals surface area contributed by atoms with Crippen molar-refractivity contribution in [1.29, 1.82) is 0 Å². The molecule has 11 heteroatoms. The van der Waals surface area contributed by atoms with Gasteiger partial charge in [0.05, 0.1) is 23.1 Å². The predicted octanol–water partition coefficient (Wildman–Crippen LogP) is 3.94. The van der Waals surface area contributed by atoms with Gasteiger partial charge in [0.1, 0.15) is 12.1 Å². The van der Waals surface area contributed by atoms with Crippen LogP contribution in [0.15, 0.2) is 55.1 Å². The topological polar surface area (TPSA) is 148 Å². The lowest BCUT2D eigenvalue weighted by atomic mass is 9.89. The Hall–Kier alpha value is -4.93. The van der Waals surface area contributed by atoms with Gasteiger partial charge < -0.3 is 10.6 Å². The number of amides is 1. The number of piperidine rings is 1. The minimum absolute atomic E-state index is 0.0423. The fraction of sp³-hybridized carbons (Fsp3) is 0.276. The van der Waals surface area contributed by atoms with Crippen molar-refractivity contribution < 1.29 is 9.59 Å². The van der Waals surface area contributed by atoms with Crippen LogP contribution in [0, 0.1) is 0 Å². The Labute approximate surface area is 230 Å². The molecular formula is C29H29N9O2. The third-order valence-corrected chi connectivity index (χ3v) is 7.58. The number of hydrogen-bond acceptors (Lipinski definition) is 8. The van der Waals surface area contributed by atoms with Crippen LogP contribution in [0.25, 0.3) is 28.0 Å². The Balaban J connectivity index is 1.32.